The quantitative estimate of drug-likeness (QED) is 0.387. The minimum absolute atomic E-state index is 0.169. The molecule has 1 amide bonds. The summed E-state index contributed by atoms with van der Waals surface area (Å²) in [6.07, 6.45) is 5.01. The van der Waals surface area contributed by atoms with E-state index in [2.05, 4.69) is 31.1 Å². The maximum absolute atomic E-state index is 11.8. The number of aryl methyl sites for hydroxylation is 1. The van der Waals surface area contributed by atoms with E-state index in [1.165, 1.54) is 6.08 Å². The SMILES string of the molecule is Cc1ccc(Nc2ccc(NCCNC(=O)/C=C/c3ccc(Cl)cc3)nn2)nc1. The lowest BCUT2D eigenvalue weighted by Crippen LogP contribution is -2.27. The second kappa shape index (κ2) is 10.2. The van der Waals surface area contributed by atoms with Crippen molar-refractivity contribution < 1.29 is 4.79 Å². The first-order valence-corrected chi connectivity index (χ1v) is 9.45. The van der Waals surface area contributed by atoms with E-state index in [0.717, 1.165) is 11.1 Å². The number of nitrogens with one attached hydrogen (secondary N) is 3. The normalized spacial score (nSPS) is 10.7. The zero-order valence-electron chi connectivity index (χ0n) is 15.9. The zero-order valence-corrected chi connectivity index (χ0v) is 16.6. The molecule has 0 saturated heterocycles. The van der Waals surface area contributed by atoms with Crippen LogP contribution in [0.3, 0.4) is 0 Å². The first-order valence-electron chi connectivity index (χ1n) is 9.07. The van der Waals surface area contributed by atoms with Crippen LogP contribution in [-0.2, 0) is 4.79 Å². The Morgan fingerprint density at radius 3 is 2.38 bits per heavy atom. The molecule has 29 heavy (non-hydrogen) atoms. The molecule has 2 aromatic heterocycles. The molecule has 0 aliphatic rings. The number of carbonyl (C=O) groups is 1. The largest absolute Gasteiger partial charge is 0.367 e. The highest BCUT2D eigenvalue weighted by molar-refractivity contribution is 6.30. The molecule has 0 spiro atoms. The summed E-state index contributed by atoms with van der Waals surface area (Å²) in [7, 11) is 0. The lowest BCUT2D eigenvalue weighted by Gasteiger charge is -2.07. The van der Waals surface area contributed by atoms with Gasteiger partial charge in [0.1, 0.15) is 11.6 Å². The van der Waals surface area contributed by atoms with Crippen LogP contribution >= 0.6 is 11.6 Å². The monoisotopic (exact) mass is 408 g/mol. The van der Waals surface area contributed by atoms with Crippen molar-refractivity contribution in [3.05, 3.63) is 77.0 Å². The van der Waals surface area contributed by atoms with Gasteiger partial charge in [-0.05, 0) is 54.5 Å². The summed E-state index contributed by atoms with van der Waals surface area (Å²) in [5, 5.41) is 17.9. The molecule has 3 N–H and O–H groups in total. The number of aromatic nitrogens is 3. The number of nitrogens with zero attached hydrogens (tertiary/aromatic N) is 3. The van der Waals surface area contributed by atoms with Crippen molar-refractivity contribution in [3.63, 3.8) is 0 Å². The molecule has 8 heteroatoms. The number of hydrogen-bond acceptors (Lipinski definition) is 6. The van der Waals surface area contributed by atoms with E-state index in [1.54, 1.807) is 24.4 Å². The van der Waals surface area contributed by atoms with Gasteiger partial charge in [-0.15, -0.1) is 10.2 Å². The van der Waals surface area contributed by atoms with E-state index in [-0.39, 0.29) is 5.91 Å². The molecule has 0 radical (unpaired) electrons. The Hall–Kier alpha value is -3.45. The van der Waals surface area contributed by atoms with Gasteiger partial charge >= 0.3 is 0 Å². The second-order valence-corrected chi connectivity index (χ2v) is 6.69. The number of halogens is 1. The number of amides is 1. The fourth-order valence-corrected chi connectivity index (χ4v) is 2.47. The van der Waals surface area contributed by atoms with Gasteiger partial charge in [0.05, 0.1) is 0 Å². The first kappa shape index (κ1) is 20.3. The fourth-order valence-electron chi connectivity index (χ4n) is 2.35. The van der Waals surface area contributed by atoms with Crippen molar-refractivity contribution in [1.82, 2.24) is 20.5 Å². The fraction of sp³-hybridized carbons (Fsp3) is 0.143. The molecule has 148 valence electrons. The van der Waals surface area contributed by atoms with E-state index in [0.29, 0.717) is 35.6 Å². The molecule has 0 bridgehead atoms. The van der Waals surface area contributed by atoms with E-state index in [4.69, 9.17) is 11.6 Å². The predicted molar refractivity (Wildman–Crippen MR) is 116 cm³/mol. The summed E-state index contributed by atoms with van der Waals surface area (Å²) in [4.78, 5) is 16.1. The van der Waals surface area contributed by atoms with Crippen molar-refractivity contribution >= 4 is 41.0 Å². The van der Waals surface area contributed by atoms with Gasteiger partial charge in [0.15, 0.2) is 5.82 Å². The van der Waals surface area contributed by atoms with Crippen LogP contribution in [-0.4, -0.2) is 34.2 Å². The van der Waals surface area contributed by atoms with Crippen LogP contribution in [0.5, 0.6) is 0 Å². The zero-order chi connectivity index (χ0) is 20.5. The maximum atomic E-state index is 11.8. The third-order valence-electron chi connectivity index (χ3n) is 3.86. The molecule has 2 heterocycles. The van der Waals surface area contributed by atoms with Gasteiger partial charge in [0, 0.05) is 30.4 Å². The van der Waals surface area contributed by atoms with Crippen LogP contribution in [0, 0.1) is 6.92 Å². The number of anilines is 3. The van der Waals surface area contributed by atoms with E-state index >= 15 is 0 Å². The molecule has 0 unspecified atom stereocenters. The highest BCUT2D eigenvalue weighted by atomic mass is 35.5. The Balaban J connectivity index is 1.38. The van der Waals surface area contributed by atoms with Gasteiger partial charge in [-0.2, -0.15) is 0 Å². The van der Waals surface area contributed by atoms with Gasteiger partial charge in [-0.1, -0.05) is 29.8 Å². The minimum atomic E-state index is -0.169. The van der Waals surface area contributed by atoms with Gasteiger partial charge in [-0.3, -0.25) is 4.79 Å². The number of carbonyl (C=O) groups excluding carboxylic acids is 1. The summed E-state index contributed by atoms with van der Waals surface area (Å²) < 4.78 is 0. The third kappa shape index (κ3) is 6.90. The summed E-state index contributed by atoms with van der Waals surface area (Å²) in [5.74, 6) is 1.77. The topological polar surface area (TPSA) is 91.8 Å². The van der Waals surface area contributed by atoms with Crippen molar-refractivity contribution in [2.45, 2.75) is 6.92 Å². The summed E-state index contributed by atoms with van der Waals surface area (Å²) >= 11 is 5.83. The van der Waals surface area contributed by atoms with Gasteiger partial charge in [0.2, 0.25) is 5.91 Å². The van der Waals surface area contributed by atoms with Crippen molar-refractivity contribution in [2.75, 3.05) is 23.7 Å². The molecule has 1 aromatic carbocycles. The highest BCUT2D eigenvalue weighted by Gasteiger charge is 2.00. The van der Waals surface area contributed by atoms with Crippen LogP contribution in [0.15, 0.2) is 60.8 Å². The molecule has 7 nitrogen and oxygen atoms in total. The molecular weight excluding hydrogens is 388 g/mol. The van der Waals surface area contributed by atoms with Gasteiger partial charge in [-0.25, -0.2) is 4.98 Å². The van der Waals surface area contributed by atoms with Gasteiger partial charge in [0.25, 0.3) is 0 Å². The number of hydrogen-bond donors (Lipinski definition) is 3. The Bertz CT molecular complexity index is 956. The number of benzene rings is 1. The molecule has 3 rings (SSSR count). The Morgan fingerprint density at radius 1 is 0.966 bits per heavy atom. The van der Waals surface area contributed by atoms with E-state index < -0.39 is 0 Å². The lowest BCUT2D eigenvalue weighted by molar-refractivity contribution is -0.116. The van der Waals surface area contributed by atoms with Crippen molar-refractivity contribution in [3.8, 4) is 0 Å². The van der Waals surface area contributed by atoms with Crippen LogP contribution in [0.2, 0.25) is 5.02 Å². The van der Waals surface area contributed by atoms with Crippen LogP contribution < -0.4 is 16.0 Å². The van der Waals surface area contributed by atoms with Crippen molar-refractivity contribution in [2.24, 2.45) is 0 Å². The summed E-state index contributed by atoms with van der Waals surface area (Å²) in [5.41, 5.74) is 2.00. The molecule has 0 fully saturated rings. The smallest absolute Gasteiger partial charge is 0.244 e. The predicted octanol–water partition coefficient (Wildman–Crippen LogP) is 3.82. The first-order chi connectivity index (χ1) is 14.1. The average Bonchev–Trinajstić information content (AvgIpc) is 2.73. The molecular formula is C21H21ClN6O. The Kier molecular flexibility index (Phi) is 7.13. The Morgan fingerprint density at radius 2 is 1.69 bits per heavy atom. The second-order valence-electron chi connectivity index (χ2n) is 6.25. The van der Waals surface area contributed by atoms with Crippen LogP contribution in [0.25, 0.3) is 6.08 Å². The molecule has 0 aliphatic carbocycles. The average molecular weight is 409 g/mol. The molecule has 0 saturated carbocycles. The molecule has 0 aliphatic heterocycles. The van der Waals surface area contributed by atoms with Gasteiger partial charge < -0.3 is 16.0 Å². The van der Waals surface area contributed by atoms with Crippen LogP contribution in [0.1, 0.15) is 11.1 Å². The van der Waals surface area contributed by atoms with Crippen molar-refractivity contribution in [1.29, 1.82) is 0 Å². The van der Waals surface area contributed by atoms with Crippen LogP contribution in [0.4, 0.5) is 17.5 Å². The standard InChI is InChI=1S/C21H21ClN6O/c1-15-2-8-18(25-14-15)26-20-10-9-19(27-28-20)23-12-13-24-21(29)11-5-16-3-6-17(22)7-4-16/h2-11,14H,12-13H2,1H3,(H,23,27)(H,24,29)(H,25,26,28)/b11-5+. The Labute approximate surface area is 174 Å². The maximum Gasteiger partial charge on any atom is 0.244 e. The number of rotatable bonds is 8. The molecule has 3 aromatic rings. The lowest BCUT2D eigenvalue weighted by atomic mass is 10.2. The summed E-state index contributed by atoms with van der Waals surface area (Å²) in [6.45, 7) is 2.97. The highest BCUT2D eigenvalue weighted by Crippen LogP contribution is 2.13. The van der Waals surface area contributed by atoms with E-state index in [1.807, 2.05) is 43.3 Å². The summed E-state index contributed by atoms with van der Waals surface area (Å²) in [6, 6.07) is 14.7. The van der Waals surface area contributed by atoms with E-state index in [9.17, 15) is 4.79 Å². The number of pyridine rings is 1. The molecule has 0 atom stereocenters. The minimum Gasteiger partial charge on any atom is -0.367 e. The third-order valence-corrected chi connectivity index (χ3v) is 4.11.